The molecule has 0 nitrogen and oxygen atoms in total. The molecule has 136 valence electrons. The van der Waals surface area contributed by atoms with Gasteiger partial charge in [-0.05, 0) is 81.0 Å². The van der Waals surface area contributed by atoms with Crippen molar-refractivity contribution in [3.8, 4) is 0 Å². The fourth-order valence-corrected chi connectivity index (χ4v) is 7.68. The second-order valence-corrected chi connectivity index (χ2v) is 9.67. The Kier molecular flexibility index (Phi) is 5.40. The Morgan fingerprint density at radius 3 is 1.88 bits per heavy atom. The molecule has 4 aliphatic carbocycles. The van der Waals surface area contributed by atoms with E-state index in [2.05, 4.69) is 6.08 Å². The molecule has 0 radical (unpaired) electrons. The summed E-state index contributed by atoms with van der Waals surface area (Å²) in [5.74, 6) is 1.06. The first-order valence-electron chi connectivity index (χ1n) is 11.6. The second kappa shape index (κ2) is 7.55. The molecule has 0 aromatic rings. The number of rotatable bonds is 3. The topological polar surface area (TPSA) is 0 Å². The molecule has 4 rings (SSSR count). The molecule has 0 saturated heterocycles. The van der Waals surface area contributed by atoms with E-state index in [4.69, 9.17) is 0 Å². The minimum Gasteiger partial charge on any atom is -0.0847 e. The van der Waals surface area contributed by atoms with Gasteiger partial charge in [-0.1, -0.05) is 69.4 Å². The zero-order valence-electron chi connectivity index (χ0n) is 16.1. The summed E-state index contributed by atoms with van der Waals surface area (Å²) in [6.45, 7) is 0. The Morgan fingerprint density at radius 2 is 1.25 bits per heavy atom. The third kappa shape index (κ3) is 2.90. The van der Waals surface area contributed by atoms with E-state index in [-0.39, 0.29) is 0 Å². The van der Waals surface area contributed by atoms with Gasteiger partial charge in [-0.25, -0.2) is 0 Å². The molecular weight excluding hydrogens is 288 g/mol. The molecule has 0 N–H and O–H groups in total. The van der Waals surface area contributed by atoms with Crippen molar-refractivity contribution in [2.45, 2.75) is 122 Å². The van der Waals surface area contributed by atoms with Crippen LogP contribution in [0.5, 0.6) is 0 Å². The predicted molar refractivity (Wildman–Crippen MR) is 104 cm³/mol. The Labute approximate surface area is 150 Å². The molecule has 0 spiro atoms. The van der Waals surface area contributed by atoms with E-state index in [1.54, 1.807) is 38.5 Å². The molecular formula is C24H40. The molecule has 0 heterocycles. The van der Waals surface area contributed by atoms with Crippen LogP contribution in [-0.4, -0.2) is 0 Å². The minimum absolute atomic E-state index is 0.633. The minimum atomic E-state index is 0.633. The molecule has 3 fully saturated rings. The van der Waals surface area contributed by atoms with Gasteiger partial charge < -0.3 is 0 Å². The van der Waals surface area contributed by atoms with E-state index in [0.29, 0.717) is 10.8 Å². The molecule has 0 aliphatic heterocycles. The summed E-state index contributed by atoms with van der Waals surface area (Å²) in [6, 6.07) is 0. The molecule has 0 amide bonds. The maximum atomic E-state index is 2.76. The average Bonchev–Trinajstić information content (AvgIpc) is 2.70. The number of hydrogen-bond donors (Lipinski definition) is 0. The normalized spacial score (nSPS) is 31.4. The van der Waals surface area contributed by atoms with Gasteiger partial charge in [0.15, 0.2) is 0 Å². The van der Waals surface area contributed by atoms with Crippen molar-refractivity contribution in [2.24, 2.45) is 16.7 Å². The third-order valence-corrected chi connectivity index (χ3v) is 8.70. The van der Waals surface area contributed by atoms with E-state index in [1.165, 1.54) is 83.5 Å². The quantitative estimate of drug-likeness (QED) is 0.461. The highest BCUT2D eigenvalue weighted by Gasteiger charge is 2.56. The fraction of sp³-hybridized carbons (Fsp3) is 0.917. The van der Waals surface area contributed by atoms with Crippen molar-refractivity contribution < 1.29 is 0 Å². The van der Waals surface area contributed by atoms with E-state index in [1.807, 2.05) is 5.57 Å². The van der Waals surface area contributed by atoms with Crippen molar-refractivity contribution in [2.75, 3.05) is 0 Å². The van der Waals surface area contributed by atoms with Crippen LogP contribution in [0.1, 0.15) is 122 Å². The summed E-state index contributed by atoms with van der Waals surface area (Å²) < 4.78 is 0. The highest BCUT2D eigenvalue weighted by molar-refractivity contribution is 5.24. The maximum absolute atomic E-state index is 2.76. The van der Waals surface area contributed by atoms with E-state index in [9.17, 15) is 0 Å². The molecule has 0 unspecified atom stereocenters. The number of allylic oxidation sites excluding steroid dienone is 2. The summed E-state index contributed by atoms with van der Waals surface area (Å²) >= 11 is 0. The van der Waals surface area contributed by atoms with Crippen molar-refractivity contribution in [1.82, 2.24) is 0 Å². The Bertz CT molecular complexity index is 425. The van der Waals surface area contributed by atoms with Crippen molar-refractivity contribution in [3.05, 3.63) is 11.6 Å². The lowest BCUT2D eigenvalue weighted by Crippen LogP contribution is -2.51. The van der Waals surface area contributed by atoms with Crippen LogP contribution in [0.4, 0.5) is 0 Å². The van der Waals surface area contributed by atoms with Crippen LogP contribution < -0.4 is 0 Å². The van der Waals surface area contributed by atoms with Gasteiger partial charge in [-0.2, -0.15) is 0 Å². The van der Waals surface area contributed by atoms with E-state index < -0.39 is 0 Å². The number of hydrogen-bond acceptors (Lipinski definition) is 0. The first kappa shape index (κ1) is 17.2. The van der Waals surface area contributed by atoms with Gasteiger partial charge in [0.25, 0.3) is 0 Å². The van der Waals surface area contributed by atoms with Crippen LogP contribution in [0.15, 0.2) is 11.6 Å². The summed E-state index contributed by atoms with van der Waals surface area (Å²) in [5.41, 5.74) is 3.31. The Balaban J connectivity index is 1.74. The van der Waals surface area contributed by atoms with Gasteiger partial charge in [-0.15, -0.1) is 0 Å². The van der Waals surface area contributed by atoms with Gasteiger partial charge in [-0.3, -0.25) is 0 Å². The lowest BCUT2D eigenvalue weighted by atomic mass is 9.44. The highest BCUT2D eigenvalue weighted by Crippen LogP contribution is 2.66. The van der Waals surface area contributed by atoms with E-state index >= 15 is 0 Å². The van der Waals surface area contributed by atoms with Crippen LogP contribution in [0.3, 0.4) is 0 Å². The molecule has 24 heavy (non-hydrogen) atoms. The molecule has 3 saturated carbocycles. The monoisotopic (exact) mass is 328 g/mol. The summed E-state index contributed by atoms with van der Waals surface area (Å²) in [6.07, 6.45) is 31.6. The first-order chi connectivity index (χ1) is 11.9. The van der Waals surface area contributed by atoms with Gasteiger partial charge in [0.1, 0.15) is 0 Å². The Hall–Kier alpha value is -0.260. The largest absolute Gasteiger partial charge is 0.0847 e. The van der Waals surface area contributed by atoms with Crippen LogP contribution in [0.2, 0.25) is 0 Å². The smallest absolute Gasteiger partial charge is 0.00291 e. The summed E-state index contributed by atoms with van der Waals surface area (Å²) in [7, 11) is 0. The van der Waals surface area contributed by atoms with Gasteiger partial charge in [0, 0.05) is 0 Å². The van der Waals surface area contributed by atoms with Crippen LogP contribution in [0.25, 0.3) is 0 Å². The maximum Gasteiger partial charge on any atom is -0.00291 e. The third-order valence-electron chi connectivity index (χ3n) is 8.70. The van der Waals surface area contributed by atoms with Crippen LogP contribution >= 0.6 is 0 Å². The lowest BCUT2D eigenvalue weighted by Gasteiger charge is -2.61. The molecule has 0 aromatic carbocycles. The zero-order valence-corrected chi connectivity index (χ0v) is 16.1. The van der Waals surface area contributed by atoms with Gasteiger partial charge in [0.2, 0.25) is 0 Å². The first-order valence-corrected chi connectivity index (χ1v) is 11.6. The van der Waals surface area contributed by atoms with Crippen molar-refractivity contribution in [3.63, 3.8) is 0 Å². The Morgan fingerprint density at radius 1 is 0.625 bits per heavy atom. The fourth-order valence-electron chi connectivity index (χ4n) is 7.68. The molecule has 0 atom stereocenters. The van der Waals surface area contributed by atoms with Gasteiger partial charge >= 0.3 is 0 Å². The molecule has 4 aliphatic rings. The SMILES string of the molecule is C1=C(C2(C3(C4CCCCC4)CCCCC3)CCCCC2)CCCC1. The van der Waals surface area contributed by atoms with Crippen LogP contribution in [0, 0.1) is 16.7 Å². The van der Waals surface area contributed by atoms with Crippen molar-refractivity contribution in [1.29, 1.82) is 0 Å². The average molecular weight is 329 g/mol. The molecule has 0 bridgehead atoms. The lowest BCUT2D eigenvalue weighted by molar-refractivity contribution is -0.0700. The summed E-state index contributed by atoms with van der Waals surface area (Å²) in [5, 5.41) is 0. The van der Waals surface area contributed by atoms with Crippen molar-refractivity contribution >= 4 is 0 Å². The zero-order chi connectivity index (χ0) is 16.3. The van der Waals surface area contributed by atoms with Crippen LogP contribution in [-0.2, 0) is 0 Å². The van der Waals surface area contributed by atoms with Gasteiger partial charge in [0.05, 0.1) is 0 Å². The second-order valence-electron chi connectivity index (χ2n) is 9.67. The summed E-state index contributed by atoms with van der Waals surface area (Å²) in [4.78, 5) is 0. The molecule has 0 heteroatoms. The van der Waals surface area contributed by atoms with E-state index in [0.717, 1.165) is 5.92 Å². The highest BCUT2D eigenvalue weighted by atomic mass is 14.6. The predicted octanol–water partition coefficient (Wildman–Crippen LogP) is 7.97. The standard InChI is InChI=1S/C24H40/c1-5-13-21(14-6-1)23(17-9-3-10-18-23)24(19-11-4-12-20-24)22-15-7-2-8-16-22/h13,22H,1-12,14-20H2. The molecule has 0 aromatic heterocycles.